The predicted octanol–water partition coefficient (Wildman–Crippen LogP) is 4.54. The Bertz CT molecular complexity index is 713. The molecule has 0 radical (unpaired) electrons. The van der Waals surface area contributed by atoms with Crippen molar-refractivity contribution in [1.82, 2.24) is 9.88 Å². The fraction of sp³-hybridized carbons (Fsp3) is 0.500. The van der Waals surface area contributed by atoms with Crippen LogP contribution in [0.5, 0.6) is 5.75 Å². The summed E-state index contributed by atoms with van der Waals surface area (Å²) in [7, 11) is 0. The number of rotatable bonds is 6. The van der Waals surface area contributed by atoms with E-state index in [-0.39, 0.29) is 5.91 Å². The summed E-state index contributed by atoms with van der Waals surface area (Å²) in [6, 6.07) is 8.34. The zero-order valence-electron chi connectivity index (χ0n) is 15.0. The molecule has 1 aliphatic heterocycles. The number of hydrogen-bond acceptors (Lipinski definition) is 4. The Balaban J connectivity index is 1.72. The molecule has 1 amide bonds. The molecule has 1 unspecified atom stereocenters. The van der Waals surface area contributed by atoms with Crippen molar-refractivity contribution in [2.45, 2.75) is 52.0 Å². The van der Waals surface area contributed by atoms with E-state index in [0.717, 1.165) is 47.8 Å². The van der Waals surface area contributed by atoms with Crippen molar-refractivity contribution in [1.29, 1.82) is 0 Å². The average Bonchev–Trinajstić information content (AvgIpc) is 3.10. The second-order valence-electron chi connectivity index (χ2n) is 6.39. The molecular weight excluding hydrogens is 332 g/mol. The molecule has 0 N–H and O–H groups in total. The largest absolute Gasteiger partial charge is 0.493 e. The maximum absolute atomic E-state index is 12.7. The molecule has 2 aromatic rings. The number of carbonyl (C=O) groups is 1. The molecule has 25 heavy (non-hydrogen) atoms. The normalized spacial score (nSPS) is 17.5. The Morgan fingerprint density at radius 1 is 1.32 bits per heavy atom. The van der Waals surface area contributed by atoms with Crippen LogP contribution in [0.3, 0.4) is 0 Å². The summed E-state index contributed by atoms with van der Waals surface area (Å²) in [6.45, 7) is 5.66. The van der Waals surface area contributed by atoms with E-state index < -0.39 is 0 Å². The average molecular weight is 359 g/mol. The molecular formula is C20H26N2O2S. The molecule has 3 rings (SSSR count). The Kier molecular flexibility index (Phi) is 6.08. The van der Waals surface area contributed by atoms with Crippen LogP contribution in [-0.2, 0) is 11.2 Å². The maximum Gasteiger partial charge on any atom is 0.228 e. The third-order valence-electron chi connectivity index (χ3n) is 4.72. The number of carbonyl (C=O) groups excluding carboxylic acids is 1. The summed E-state index contributed by atoms with van der Waals surface area (Å²) in [5, 5.41) is 2.92. The number of thiazole rings is 1. The lowest BCUT2D eigenvalue weighted by molar-refractivity contribution is -0.134. The van der Waals surface area contributed by atoms with Gasteiger partial charge in [-0.15, -0.1) is 11.3 Å². The van der Waals surface area contributed by atoms with E-state index in [1.165, 1.54) is 6.42 Å². The van der Waals surface area contributed by atoms with Crippen LogP contribution >= 0.6 is 11.3 Å². The monoisotopic (exact) mass is 358 g/mol. The Hall–Kier alpha value is -1.88. The minimum Gasteiger partial charge on any atom is -0.493 e. The van der Waals surface area contributed by atoms with E-state index in [1.54, 1.807) is 11.3 Å². The molecule has 0 bridgehead atoms. The standard InChI is InChI=1S/C20H26N2O2S/c1-3-16-9-7-8-12-22(16)19(23)13-15-14-25-20(21-15)17-10-5-6-11-18(17)24-4-2/h5-6,10-11,14,16H,3-4,7-9,12-13H2,1-2H3. The van der Waals surface area contributed by atoms with Crippen molar-refractivity contribution in [2.75, 3.05) is 13.2 Å². The summed E-state index contributed by atoms with van der Waals surface area (Å²) in [4.78, 5) is 19.5. The molecule has 5 heteroatoms. The van der Waals surface area contributed by atoms with Crippen LogP contribution in [0.2, 0.25) is 0 Å². The van der Waals surface area contributed by atoms with Gasteiger partial charge in [0.25, 0.3) is 0 Å². The van der Waals surface area contributed by atoms with E-state index in [9.17, 15) is 4.79 Å². The van der Waals surface area contributed by atoms with Gasteiger partial charge in [0.05, 0.1) is 24.3 Å². The lowest BCUT2D eigenvalue weighted by Crippen LogP contribution is -2.44. The van der Waals surface area contributed by atoms with Crippen molar-refractivity contribution in [3.05, 3.63) is 35.3 Å². The maximum atomic E-state index is 12.7. The van der Waals surface area contributed by atoms with Crippen molar-refractivity contribution >= 4 is 17.2 Å². The summed E-state index contributed by atoms with van der Waals surface area (Å²) in [6.07, 6.45) is 4.91. The highest BCUT2D eigenvalue weighted by Gasteiger charge is 2.25. The van der Waals surface area contributed by atoms with Crippen molar-refractivity contribution < 1.29 is 9.53 Å². The fourth-order valence-electron chi connectivity index (χ4n) is 3.45. The van der Waals surface area contributed by atoms with Crippen LogP contribution in [0.25, 0.3) is 10.6 Å². The van der Waals surface area contributed by atoms with Gasteiger partial charge in [-0.2, -0.15) is 0 Å². The molecule has 0 saturated carbocycles. The van der Waals surface area contributed by atoms with E-state index in [4.69, 9.17) is 9.72 Å². The molecule has 2 heterocycles. The molecule has 0 spiro atoms. The van der Waals surface area contributed by atoms with Gasteiger partial charge in [-0.25, -0.2) is 4.98 Å². The number of ether oxygens (including phenoxy) is 1. The zero-order valence-corrected chi connectivity index (χ0v) is 15.8. The minimum atomic E-state index is 0.210. The second kappa shape index (κ2) is 8.48. The van der Waals surface area contributed by atoms with E-state index in [0.29, 0.717) is 19.1 Å². The van der Waals surface area contributed by atoms with E-state index in [1.807, 2.05) is 36.6 Å². The first-order valence-corrected chi connectivity index (χ1v) is 10.1. The summed E-state index contributed by atoms with van der Waals surface area (Å²) < 4.78 is 5.70. The zero-order chi connectivity index (χ0) is 17.6. The van der Waals surface area contributed by atoms with Gasteiger partial charge in [-0.05, 0) is 44.7 Å². The number of aromatic nitrogens is 1. The van der Waals surface area contributed by atoms with Gasteiger partial charge in [0.2, 0.25) is 5.91 Å². The first kappa shape index (κ1) is 17.9. The lowest BCUT2D eigenvalue weighted by atomic mass is 9.99. The topological polar surface area (TPSA) is 42.4 Å². The number of likely N-dealkylation sites (tertiary alicyclic amines) is 1. The highest BCUT2D eigenvalue weighted by atomic mass is 32.1. The molecule has 1 saturated heterocycles. The van der Waals surface area contributed by atoms with Gasteiger partial charge < -0.3 is 9.64 Å². The molecule has 1 aromatic heterocycles. The number of benzene rings is 1. The minimum absolute atomic E-state index is 0.210. The lowest BCUT2D eigenvalue weighted by Gasteiger charge is -2.35. The Labute approximate surface area is 153 Å². The van der Waals surface area contributed by atoms with Gasteiger partial charge in [0, 0.05) is 18.0 Å². The van der Waals surface area contributed by atoms with Crippen LogP contribution in [0, 0.1) is 0 Å². The predicted molar refractivity (Wildman–Crippen MR) is 102 cm³/mol. The highest BCUT2D eigenvalue weighted by Crippen LogP contribution is 2.32. The van der Waals surface area contributed by atoms with Crippen LogP contribution in [0.15, 0.2) is 29.6 Å². The molecule has 134 valence electrons. The van der Waals surface area contributed by atoms with Crippen LogP contribution in [-0.4, -0.2) is 35.0 Å². The summed E-state index contributed by atoms with van der Waals surface area (Å²) in [5.41, 5.74) is 1.86. The number of nitrogens with zero attached hydrogens (tertiary/aromatic N) is 2. The quantitative estimate of drug-likeness (QED) is 0.761. The van der Waals surface area contributed by atoms with Gasteiger partial charge in [0.15, 0.2) is 0 Å². The van der Waals surface area contributed by atoms with Crippen LogP contribution in [0.1, 0.15) is 45.2 Å². The molecule has 1 fully saturated rings. The highest BCUT2D eigenvalue weighted by molar-refractivity contribution is 7.13. The van der Waals surface area contributed by atoms with Gasteiger partial charge in [0.1, 0.15) is 10.8 Å². The van der Waals surface area contributed by atoms with Gasteiger partial charge in [-0.3, -0.25) is 4.79 Å². The van der Waals surface area contributed by atoms with Crippen LogP contribution < -0.4 is 4.74 Å². The molecule has 0 aliphatic carbocycles. The number of amides is 1. The molecule has 1 aromatic carbocycles. The van der Waals surface area contributed by atoms with Crippen molar-refractivity contribution in [3.63, 3.8) is 0 Å². The molecule has 1 atom stereocenters. The second-order valence-corrected chi connectivity index (χ2v) is 7.25. The fourth-order valence-corrected chi connectivity index (χ4v) is 4.30. The van der Waals surface area contributed by atoms with Gasteiger partial charge >= 0.3 is 0 Å². The summed E-state index contributed by atoms with van der Waals surface area (Å²) >= 11 is 1.58. The summed E-state index contributed by atoms with van der Waals surface area (Å²) in [5.74, 6) is 1.06. The third kappa shape index (κ3) is 4.21. The smallest absolute Gasteiger partial charge is 0.228 e. The van der Waals surface area contributed by atoms with Crippen molar-refractivity contribution in [2.24, 2.45) is 0 Å². The Morgan fingerprint density at radius 3 is 2.96 bits per heavy atom. The molecule has 4 nitrogen and oxygen atoms in total. The number of piperidine rings is 1. The number of hydrogen-bond donors (Lipinski definition) is 0. The van der Waals surface area contributed by atoms with E-state index in [2.05, 4.69) is 11.8 Å². The third-order valence-corrected chi connectivity index (χ3v) is 5.64. The SMILES string of the molecule is CCOc1ccccc1-c1nc(CC(=O)N2CCCCC2CC)cs1. The first-order valence-electron chi connectivity index (χ1n) is 9.19. The van der Waals surface area contributed by atoms with E-state index >= 15 is 0 Å². The Morgan fingerprint density at radius 2 is 2.16 bits per heavy atom. The van der Waals surface area contributed by atoms with Crippen molar-refractivity contribution in [3.8, 4) is 16.3 Å². The van der Waals surface area contributed by atoms with Crippen LogP contribution in [0.4, 0.5) is 0 Å². The van der Waals surface area contributed by atoms with Gasteiger partial charge in [-0.1, -0.05) is 19.1 Å². The number of para-hydroxylation sites is 1. The first-order chi connectivity index (χ1) is 12.2. The molecule has 1 aliphatic rings.